The lowest BCUT2D eigenvalue weighted by Gasteiger charge is -2.22. The Labute approximate surface area is 137 Å². The molecule has 6 nitrogen and oxygen atoms in total. The molecule has 0 saturated carbocycles. The molecule has 0 bridgehead atoms. The Morgan fingerprint density at radius 2 is 2.00 bits per heavy atom. The van der Waals surface area contributed by atoms with Crippen LogP contribution in [0.25, 0.3) is 0 Å². The minimum absolute atomic E-state index is 0.0990. The van der Waals surface area contributed by atoms with Gasteiger partial charge >= 0.3 is 12.2 Å². The number of anilines is 1. The summed E-state index contributed by atoms with van der Waals surface area (Å²) in [5, 5.41) is 2.74. The molecule has 130 valence electrons. The van der Waals surface area contributed by atoms with Crippen LogP contribution >= 0.6 is 0 Å². The minimum Gasteiger partial charge on any atom is -0.340 e. The number of nitrogens with zero attached hydrogens (tertiary/aromatic N) is 4. The molecule has 1 aromatic heterocycles. The van der Waals surface area contributed by atoms with Crippen LogP contribution in [0.3, 0.4) is 0 Å². The molecule has 3 heterocycles. The average Bonchev–Trinajstić information content (AvgIpc) is 3.10. The highest BCUT2D eigenvalue weighted by atomic mass is 19.4. The van der Waals surface area contributed by atoms with Gasteiger partial charge in [0.15, 0.2) is 0 Å². The van der Waals surface area contributed by atoms with Crippen LogP contribution in [0.2, 0.25) is 0 Å². The summed E-state index contributed by atoms with van der Waals surface area (Å²) in [5.41, 5.74) is -0.935. The predicted octanol–water partition coefficient (Wildman–Crippen LogP) is 1.76. The molecule has 1 aromatic rings. The van der Waals surface area contributed by atoms with Gasteiger partial charge in [-0.05, 0) is 6.07 Å². The van der Waals surface area contributed by atoms with Crippen LogP contribution < -0.4 is 10.2 Å². The van der Waals surface area contributed by atoms with Crippen LogP contribution in [0.5, 0.6) is 0 Å². The molecular formula is C15H18F3N5O. The molecule has 0 aliphatic carbocycles. The number of hydrogen-bond acceptors (Lipinski definition) is 4. The zero-order valence-corrected chi connectivity index (χ0v) is 13.0. The highest BCUT2D eigenvalue weighted by molar-refractivity contribution is 5.74. The maximum Gasteiger partial charge on any atom is 0.433 e. The van der Waals surface area contributed by atoms with Gasteiger partial charge in [-0.15, -0.1) is 6.58 Å². The molecule has 0 spiro atoms. The first kappa shape index (κ1) is 16.5. The number of aromatic nitrogens is 2. The maximum atomic E-state index is 12.8. The fraction of sp³-hybridized carbons (Fsp3) is 0.533. The lowest BCUT2D eigenvalue weighted by Crippen LogP contribution is -2.40. The van der Waals surface area contributed by atoms with Crippen molar-refractivity contribution in [1.82, 2.24) is 20.2 Å². The first-order valence-corrected chi connectivity index (χ1v) is 7.67. The van der Waals surface area contributed by atoms with Crippen molar-refractivity contribution >= 4 is 12.0 Å². The molecule has 2 fully saturated rings. The first-order chi connectivity index (χ1) is 11.4. The van der Waals surface area contributed by atoms with Gasteiger partial charge in [0.2, 0.25) is 5.95 Å². The van der Waals surface area contributed by atoms with E-state index in [-0.39, 0.29) is 23.8 Å². The monoisotopic (exact) mass is 341 g/mol. The van der Waals surface area contributed by atoms with E-state index in [0.29, 0.717) is 32.7 Å². The fourth-order valence-corrected chi connectivity index (χ4v) is 3.25. The Hall–Kier alpha value is -2.32. The summed E-state index contributed by atoms with van der Waals surface area (Å²) in [6.45, 7) is 6.24. The van der Waals surface area contributed by atoms with Crippen molar-refractivity contribution in [3.63, 3.8) is 0 Å². The number of urea groups is 1. The highest BCUT2D eigenvalue weighted by Gasteiger charge is 2.42. The number of alkyl halides is 3. The van der Waals surface area contributed by atoms with Gasteiger partial charge in [-0.25, -0.2) is 14.8 Å². The molecule has 24 heavy (non-hydrogen) atoms. The molecular weight excluding hydrogens is 323 g/mol. The summed E-state index contributed by atoms with van der Waals surface area (Å²) in [6.07, 6.45) is -1.73. The number of halogens is 3. The Morgan fingerprint density at radius 1 is 1.33 bits per heavy atom. The summed E-state index contributed by atoms with van der Waals surface area (Å²) >= 11 is 0. The van der Waals surface area contributed by atoms with E-state index < -0.39 is 11.9 Å². The third-order valence-electron chi connectivity index (χ3n) is 4.39. The second kappa shape index (κ2) is 6.29. The van der Waals surface area contributed by atoms with E-state index >= 15 is 0 Å². The second-order valence-corrected chi connectivity index (χ2v) is 6.04. The smallest absolute Gasteiger partial charge is 0.340 e. The van der Waals surface area contributed by atoms with Crippen LogP contribution in [0.1, 0.15) is 5.69 Å². The van der Waals surface area contributed by atoms with Crippen LogP contribution in [-0.2, 0) is 6.18 Å². The summed E-state index contributed by atoms with van der Waals surface area (Å²) in [4.78, 5) is 23.1. The van der Waals surface area contributed by atoms with Crippen molar-refractivity contribution in [1.29, 1.82) is 0 Å². The van der Waals surface area contributed by atoms with Crippen molar-refractivity contribution in [3.05, 3.63) is 30.6 Å². The second-order valence-electron chi connectivity index (χ2n) is 6.04. The molecule has 2 amide bonds. The largest absolute Gasteiger partial charge is 0.433 e. The molecule has 1 N–H and O–H groups in total. The van der Waals surface area contributed by atoms with Crippen molar-refractivity contribution in [2.24, 2.45) is 11.8 Å². The normalized spacial score (nSPS) is 23.3. The van der Waals surface area contributed by atoms with Crippen LogP contribution in [0, 0.1) is 11.8 Å². The summed E-state index contributed by atoms with van der Waals surface area (Å²) in [7, 11) is 0. The highest BCUT2D eigenvalue weighted by Crippen LogP contribution is 2.34. The van der Waals surface area contributed by atoms with Crippen LogP contribution in [0.4, 0.5) is 23.9 Å². The molecule has 2 aliphatic heterocycles. The van der Waals surface area contributed by atoms with E-state index in [1.54, 1.807) is 15.9 Å². The lowest BCUT2D eigenvalue weighted by molar-refractivity contribution is -0.141. The number of nitrogens with one attached hydrogen (secondary N) is 1. The van der Waals surface area contributed by atoms with E-state index in [9.17, 15) is 18.0 Å². The van der Waals surface area contributed by atoms with E-state index in [4.69, 9.17) is 0 Å². The number of carbonyl (C=O) groups excluding carboxylic acids is 1. The van der Waals surface area contributed by atoms with Gasteiger partial charge in [0.1, 0.15) is 5.69 Å². The van der Waals surface area contributed by atoms with Crippen LogP contribution in [-0.4, -0.2) is 53.6 Å². The van der Waals surface area contributed by atoms with Gasteiger partial charge in [-0.1, -0.05) is 6.08 Å². The summed E-state index contributed by atoms with van der Waals surface area (Å²) in [5.74, 6) is 0.539. The maximum absolute atomic E-state index is 12.8. The molecule has 9 heteroatoms. The van der Waals surface area contributed by atoms with Gasteiger partial charge in [0, 0.05) is 50.8 Å². The quantitative estimate of drug-likeness (QED) is 0.851. The molecule has 3 rings (SSSR count). The Bertz CT molecular complexity index is 622. The third kappa shape index (κ3) is 3.29. The van der Waals surface area contributed by atoms with Gasteiger partial charge < -0.3 is 15.1 Å². The first-order valence-electron chi connectivity index (χ1n) is 7.67. The topological polar surface area (TPSA) is 61.4 Å². The lowest BCUT2D eigenvalue weighted by atomic mass is 10.0. The summed E-state index contributed by atoms with van der Waals surface area (Å²) in [6, 6.07) is 0.734. The SMILES string of the molecule is C=CCNC(=O)N1CC2CN(c3nccc(C(F)(F)F)n3)CC2C1. The van der Waals surface area contributed by atoms with Crippen LogP contribution in [0.15, 0.2) is 24.9 Å². The van der Waals surface area contributed by atoms with E-state index in [0.717, 1.165) is 12.3 Å². The standard InChI is InChI=1S/C15H18F3N5O/c1-2-4-20-14(24)23-8-10-6-22(7-11(10)9-23)13-19-5-3-12(21-13)15(16,17)18/h2-3,5,10-11H,1,4,6-9H2,(H,20,24). The van der Waals surface area contributed by atoms with Gasteiger partial charge in [0.25, 0.3) is 0 Å². The summed E-state index contributed by atoms with van der Waals surface area (Å²) < 4.78 is 38.3. The van der Waals surface area contributed by atoms with Gasteiger partial charge in [-0.2, -0.15) is 13.2 Å². The van der Waals surface area contributed by atoms with Crippen molar-refractivity contribution in [2.45, 2.75) is 6.18 Å². The zero-order valence-electron chi connectivity index (χ0n) is 13.0. The number of carbonyl (C=O) groups is 1. The Morgan fingerprint density at radius 3 is 2.58 bits per heavy atom. The molecule has 2 aliphatic rings. The van der Waals surface area contributed by atoms with Crippen molar-refractivity contribution < 1.29 is 18.0 Å². The number of rotatable bonds is 3. The van der Waals surface area contributed by atoms with Crippen molar-refractivity contribution in [3.8, 4) is 0 Å². The molecule has 0 radical (unpaired) electrons. The molecule has 2 unspecified atom stereocenters. The Kier molecular flexibility index (Phi) is 4.33. The number of likely N-dealkylation sites (tertiary alicyclic amines) is 1. The van der Waals surface area contributed by atoms with Gasteiger partial charge in [-0.3, -0.25) is 0 Å². The molecule has 2 saturated heterocycles. The third-order valence-corrected chi connectivity index (χ3v) is 4.39. The number of hydrogen-bond donors (Lipinski definition) is 1. The van der Waals surface area contributed by atoms with E-state index in [2.05, 4.69) is 21.9 Å². The zero-order chi connectivity index (χ0) is 17.3. The Balaban J connectivity index is 1.63. The average molecular weight is 341 g/mol. The molecule has 0 aromatic carbocycles. The molecule has 2 atom stereocenters. The van der Waals surface area contributed by atoms with Crippen molar-refractivity contribution in [2.75, 3.05) is 37.6 Å². The fourth-order valence-electron chi connectivity index (χ4n) is 3.25. The minimum atomic E-state index is -4.48. The number of fused-ring (bicyclic) bond motifs is 1. The van der Waals surface area contributed by atoms with Gasteiger partial charge in [0.05, 0.1) is 0 Å². The number of amides is 2. The van der Waals surface area contributed by atoms with E-state index in [1.165, 1.54) is 0 Å². The predicted molar refractivity (Wildman–Crippen MR) is 81.4 cm³/mol. The van der Waals surface area contributed by atoms with E-state index in [1.807, 2.05) is 0 Å².